The highest BCUT2D eigenvalue weighted by molar-refractivity contribution is 5.14. The van der Waals surface area contributed by atoms with Crippen LogP contribution in [0.1, 0.15) is 44.9 Å². The molecule has 0 radical (unpaired) electrons. The third-order valence-corrected chi connectivity index (χ3v) is 4.13. The molecule has 2 aliphatic rings. The van der Waals surface area contributed by atoms with E-state index in [2.05, 4.69) is 11.9 Å². The Morgan fingerprint density at radius 2 is 2.41 bits per heavy atom. The number of aliphatic hydroxyl groups excluding tert-OH is 1. The van der Waals surface area contributed by atoms with Crippen LogP contribution < -0.4 is 10.3 Å². The lowest BCUT2D eigenvalue weighted by Gasteiger charge is -2.24. The van der Waals surface area contributed by atoms with E-state index >= 15 is 0 Å². The summed E-state index contributed by atoms with van der Waals surface area (Å²) >= 11 is 0. The maximum atomic E-state index is 12.1. The highest BCUT2D eigenvalue weighted by Gasteiger charge is 2.42. The Morgan fingerprint density at radius 1 is 1.59 bits per heavy atom. The van der Waals surface area contributed by atoms with E-state index in [9.17, 15) is 9.90 Å². The summed E-state index contributed by atoms with van der Waals surface area (Å²) in [5.74, 6) is 0. The Morgan fingerprint density at radius 3 is 3.14 bits per heavy atom. The Labute approximate surface area is 128 Å². The lowest BCUT2D eigenvalue weighted by Crippen LogP contribution is -2.33. The van der Waals surface area contributed by atoms with Gasteiger partial charge >= 0.3 is 6.01 Å². The highest BCUT2D eigenvalue weighted by Crippen LogP contribution is 2.37. The Bertz CT molecular complexity index is 588. The lowest BCUT2D eigenvalue weighted by molar-refractivity contribution is -0.0250. The van der Waals surface area contributed by atoms with Crippen LogP contribution in [0.4, 0.5) is 0 Å². The molecule has 4 atom stereocenters. The van der Waals surface area contributed by atoms with Crippen molar-refractivity contribution in [3.8, 4) is 6.01 Å². The smallest absolute Gasteiger partial charge is 0.302 e. The summed E-state index contributed by atoms with van der Waals surface area (Å²) in [5.41, 5.74) is 0.154. The molecule has 0 spiro atoms. The van der Waals surface area contributed by atoms with Crippen molar-refractivity contribution in [3.63, 3.8) is 0 Å². The first-order valence-corrected chi connectivity index (χ1v) is 7.79. The maximum absolute atomic E-state index is 12.1. The van der Waals surface area contributed by atoms with Gasteiger partial charge in [-0.05, 0) is 13.3 Å². The number of rotatable bonds is 6. The summed E-state index contributed by atoms with van der Waals surface area (Å²) in [6, 6.07) is 0.257. The molecule has 1 aromatic rings. The number of ether oxygens (including phenoxy) is 3. The number of fused-ring (bicyclic) bond motifs is 4. The second-order valence-electron chi connectivity index (χ2n) is 5.88. The second-order valence-corrected chi connectivity index (χ2v) is 5.88. The van der Waals surface area contributed by atoms with E-state index in [-0.39, 0.29) is 49.3 Å². The minimum Gasteiger partial charge on any atom is -0.458 e. The van der Waals surface area contributed by atoms with Crippen LogP contribution in [0.25, 0.3) is 0 Å². The summed E-state index contributed by atoms with van der Waals surface area (Å²) in [4.78, 5) is 16.1. The van der Waals surface area contributed by atoms with Crippen LogP contribution in [-0.2, 0) is 16.1 Å². The third-order valence-electron chi connectivity index (χ3n) is 4.13. The van der Waals surface area contributed by atoms with Crippen molar-refractivity contribution in [1.82, 2.24) is 9.55 Å². The number of aromatic nitrogens is 2. The van der Waals surface area contributed by atoms with E-state index in [1.54, 1.807) is 10.8 Å². The van der Waals surface area contributed by atoms with E-state index in [0.29, 0.717) is 12.0 Å². The summed E-state index contributed by atoms with van der Waals surface area (Å²) < 4.78 is 18.8. The molecule has 1 saturated heterocycles. The molecular formula is C15H22N2O5. The van der Waals surface area contributed by atoms with Gasteiger partial charge in [-0.15, -0.1) is 0 Å². The van der Waals surface area contributed by atoms with Crippen molar-refractivity contribution in [2.75, 3.05) is 6.61 Å². The molecule has 0 amide bonds. The van der Waals surface area contributed by atoms with Gasteiger partial charge in [0.25, 0.3) is 5.56 Å². The number of hydrogen-bond acceptors (Lipinski definition) is 6. The van der Waals surface area contributed by atoms with Gasteiger partial charge in [0.15, 0.2) is 0 Å². The first kappa shape index (κ1) is 15.5. The van der Waals surface area contributed by atoms with Gasteiger partial charge in [0.05, 0.1) is 24.9 Å². The molecule has 0 aliphatic carbocycles. The van der Waals surface area contributed by atoms with Gasteiger partial charge in [0.2, 0.25) is 0 Å². The summed E-state index contributed by atoms with van der Waals surface area (Å²) in [6.45, 7) is 4.21. The number of nitrogens with zero attached hydrogens (tertiary/aromatic N) is 2. The third kappa shape index (κ3) is 2.88. The molecule has 1 unspecified atom stereocenters. The molecule has 3 heterocycles. The first-order valence-electron chi connectivity index (χ1n) is 7.79. The predicted molar refractivity (Wildman–Crippen MR) is 77.7 cm³/mol. The van der Waals surface area contributed by atoms with E-state index in [1.807, 2.05) is 6.92 Å². The fourth-order valence-corrected chi connectivity index (χ4v) is 2.90. The van der Waals surface area contributed by atoms with Crippen molar-refractivity contribution >= 4 is 0 Å². The maximum Gasteiger partial charge on any atom is 0.302 e. The largest absolute Gasteiger partial charge is 0.458 e. The Hall–Kier alpha value is -1.44. The fraction of sp³-hybridized carbons (Fsp3) is 0.733. The van der Waals surface area contributed by atoms with Gasteiger partial charge in [0.1, 0.15) is 18.4 Å². The molecule has 0 aromatic carbocycles. The van der Waals surface area contributed by atoms with E-state index in [4.69, 9.17) is 14.2 Å². The van der Waals surface area contributed by atoms with E-state index in [1.165, 1.54) is 0 Å². The van der Waals surface area contributed by atoms with Gasteiger partial charge in [0, 0.05) is 12.6 Å². The van der Waals surface area contributed by atoms with Gasteiger partial charge < -0.3 is 19.3 Å². The monoisotopic (exact) mass is 310 g/mol. The van der Waals surface area contributed by atoms with Crippen molar-refractivity contribution < 1.29 is 19.3 Å². The minimum atomic E-state index is -0.369. The molecule has 1 N–H and O–H groups in total. The van der Waals surface area contributed by atoms with E-state index < -0.39 is 0 Å². The molecule has 3 rings (SSSR count). The van der Waals surface area contributed by atoms with E-state index in [0.717, 1.165) is 12.8 Å². The number of aliphatic hydroxyl groups is 1. The summed E-state index contributed by atoms with van der Waals surface area (Å²) in [5, 5.41) is 9.28. The Kier molecular flexibility index (Phi) is 4.46. The SMILES string of the molecule is CCCC(C)OCc1cn2c(nc1=O)O[C@@H]1C[C@H]2O[C@@H]1CO. The van der Waals surface area contributed by atoms with Crippen LogP contribution in [0.3, 0.4) is 0 Å². The van der Waals surface area contributed by atoms with Crippen LogP contribution in [-0.4, -0.2) is 39.6 Å². The van der Waals surface area contributed by atoms with Crippen molar-refractivity contribution in [2.24, 2.45) is 0 Å². The molecule has 22 heavy (non-hydrogen) atoms. The highest BCUT2D eigenvalue weighted by atomic mass is 16.6. The molecule has 7 nitrogen and oxygen atoms in total. The van der Waals surface area contributed by atoms with Crippen molar-refractivity contribution in [1.29, 1.82) is 0 Å². The molecule has 1 aromatic heterocycles. The van der Waals surface area contributed by atoms with Crippen LogP contribution in [0.15, 0.2) is 11.0 Å². The molecule has 0 saturated carbocycles. The van der Waals surface area contributed by atoms with Crippen molar-refractivity contribution in [3.05, 3.63) is 22.1 Å². The van der Waals surface area contributed by atoms with Crippen LogP contribution >= 0.6 is 0 Å². The topological polar surface area (TPSA) is 82.8 Å². The fourth-order valence-electron chi connectivity index (χ4n) is 2.90. The minimum absolute atomic E-state index is 0.104. The van der Waals surface area contributed by atoms with Gasteiger partial charge in [-0.2, -0.15) is 4.98 Å². The zero-order valence-corrected chi connectivity index (χ0v) is 12.9. The average molecular weight is 310 g/mol. The zero-order valence-electron chi connectivity index (χ0n) is 12.9. The van der Waals surface area contributed by atoms with Gasteiger partial charge in [-0.3, -0.25) is 9.36 Å². The molecule has 2 bridgehead atoms. The molecule has 1 fully saturated rings. The summed E-state index contributed by atoms with van der Waals surface area (Å²) in [7, 11) is 0. The quantitative estimate of drug-likeness (QED) is 0.843. The predicted octanol–water partition coefficient (Wildman–Crippen LogP) is 0.989. The van der Waals surface area contributed by atoms with Gasteiger partial charge in [-0.1, -0.05) is 13.3 Å². The lowest BCUT2D eigenvalue weighted by atomic mass is 10.1. The normalized spacial score (nSPS) is 27.3. The number of hydrogen-bond donors (Lipinski definition) is 1. The second kappa shape index (κ2) is 6.36. The molecule has 2 aliphatic heterocycles. The first-order chi connectivity index (χ1) is 10.6. The van der Waals surface area contributed by atoms with Crippen LogP contribution in [0, 0.1) is 0 Å². The molecule has 122 valence electrons. The summed E-state index contributed by atoms with van der Waals surface area (Å²) in [6.07, 6.45) is 3.59. The van der Waals surface area contributed by atoms with Crippen LogP contribution in [0.5, 0.6) is 6.01 Å². The molecular weight excluding hydrogens is 288 g/mol. The van der Waals surface area contributed by atoms with Crippen LogP contribution in [0.2, 0.25) is 0 Å². The van der Waals surface area contributed by atoms with Gasteiger partial charge in [-0.25, -0.2) is 0 Å². The van der Waals surface area contributed by atoms with Crippen molar-refractivity contribution in [2.45, 2.75) is 64.3 Å². The zero-order chi connectivity index (χ0) is 15.7. The average Bonchev–Trinajstić information content (AvgIpc) is 2.83. The Balaban J connectivity index is 1.78. The molecule has 7 heteroatoms. The standard InChI is InChI=1S/C15H22N2O5/c1-3-4-9(2)20-8-10-6-17-13-5-11(12(7-18)21-13)22-15(17)16-14(10)19/h6,9,11-13,18H,3-5,7-8H2,1-2H3/t9?,11-,12-,13-/m1/s1.